The van der Waals surface area contributed by atoms with Crippen LogP contribution < -0.4 is 10.1 Å². The summed E-state index contributed by atoms with van der Waals surface area (Å²) in [5.74, 6) is 0.729. The van der Waals surface area contributed by atoms with E-state index in [2.05, 4.69) is 10.3 Å². The molecule has 1 aromatic heterocycles. The van der Waals surface area contributed by atoms with Crippen LogP contribution in [-0.2, 0) is 12.6 Å². The van der Waals surface area contributed by atoms with Crippen molar-refractivity contribution in [3.05, 3.63) is 45.9 Å². The van der Waals surface area contributed by atoms with Gasteiger partial charge in [-0.2, -0.15) is 13.2 Å². The molecule has 27 heavy (non-hydrogen) atoms. The predicted molar refractivity (Wildman–Crippen MR) is 96.9 cm³/mol. The van der Waals surface area contributed by atoms with Gasteiger partial charge in [0.25, 0.3) is 0 Å². The number of alkyl halides is 3. The number of thiazole rings is 1. The largest absolute Gasteiger partial charge is 0.494 e. The second-order valence-electron chi connectivity index (χ2n) is 6.17. The van der Waals surface area contributed by atoms with Crippen LogP contribution in [0.1, 0.15) is 35.7 Å². The lowest BCUT2D eigenvalue weighted by molar-refractivity contribution is -0.137. The summed E-state index contributed by atoms with van der Waals surface area (Å²) in [5.41, 5.74) is 1.09. The van der Waals surface area contributed by atoms with Crippen LogP contribution in [0.2, 0.25) is 0 Å². The van der Waals surface area contributed by atoms with Crippen molar-refractivity contribution in [2.45, 2.75) is 38.1 Å². The molecular formula is C18H23F3N2O3S. The van der Waals surface area contributed by atoms with Gasteiger partial charge in [0, 0.05) is 31.0 Å². The molecule has 2 rings (SSSR count). The number of hydrogen-bond acceptors (Lipinski definition) is 6. The molecule has 0 aliphatic heterocycles. The highest BCUT2D eigenvalue weighted by Crippen LogP contribution is 2.32. The van der Waals surface area contributed by atoms with E-state index in [0.29, 0.717) is 30.8 Å². The first-order valence-electron chi connectivity index (χ1n) is 8.56. The van der Waals surface area contributed by atoms with Gasteiger partial charge in [-0.25, -0.2) is 4.98 Å². The van der Waals surface area contributed by atoms with Gasteiger partial charge in [0.05, 0.1) is 12.3 Å². The molecule has 0 aliphatic carbocycles. The van der Waals surface area contributed by atoms with E-state index in [-0.39, 0.29) is 24.9 Å². The summed E-state index contributed by atoms with van der Waals surface area (Å²) in [4.78, 5) is 3.46. The van der Waals surface area contributed by atoms with Gasteiger partial charge in [-0.05, 0) is 31.0 Å². The molecule has 0 radical (unpaired) electrons. The van der Waals surface area contributed by atoms with Gasteiger partial charge >= 0.3 is 6.18 Å². The molecule has 150 valence electrons. The van der Waals surface area contributed by atoms with Crippen molar-refractivity contribution in [2.24, 2.45) is 0 Å². The quantitative estimate of drug-likeness (QED) is 0.531. The maximum absolute atomic E-state index is 12.6. The maximum atomic E-state index is 12.6. The molecular weight excluding hydrogens is 381 g/mol. The van der Waals surface area contributed by atoms with Crippen molar-refractivity contribution >= 4 is 11.3 Å². The molecule has 5 nitrogen and oxygen atoms in total. The molecule has 1 aromatic carbocycles. The van der Waals surface area contributed by atoms with E-state index >= 15 is 0 Å². The molecule has 0 saturated carbocycles. The van der Waals surface area contributed by atoms with Crippen LogP contribution in [0.15, 0.2) is 29.6 Å². The van der Waals surface area contributed by atoms with Gasteiger partial charge < -0.3 is 20.3 Å². The smallest absolute Gasteiger partial charge is 0.443 e. The number of aliphatic hydroxyl groups is 2. The topological polar surface area (TPSA) is 74.6 Å². The minimum Gasteiger partial charge on any atom is -0.494 e. The Kier molecular flexibility index (Phi) is 8.03. The normalized spacial score (nSPS) is 14.1. The van der Waals surface area contributed by atoms with Crippen LogP contribution in [0, 0.1) is 0 Å². The molecule has 9 heteroatoms. The molecule has 0 amide bonds. The highest BCUT2D eigenvalue weighted by atomic mass is 32.1. The van der Waals surface area contributed by atoms with Crippen molar-refractivity contribution in [1.82, 2.24) is 10.3 Å². The lowest BCUT2D eigenvalue weighted by Gasteiger charge is -2.16. The van der Waals surface area contributed by atoms with Gasteiger partial charge in [0.2, 0.25) is 0 Å². The van der Waals surface area contributed by atoms with Crippen LogP contribution in [0.25, 0.3) is 0 Å². The molecule has 0 aliphatic rings. The summed E-state index contributed by atoms with van der Waals surface area (Å²) in [7, 11) is 0. The van der Waals surface area contributed by atoms with E-state index in [4.69, 9.17) is 9.84 Å². The van der Waals surface area contributed by atoms with Crippen molar-refractivity contribution in [3.8, 4) is 5.75 Å². The highest BCUT2D eigenvalue weighted by molar-refractivity contribution is 7.09. The Hall–Kier alpha value is -1.68. The Bertz CT molecular complexity index is 692. The molecule has 1 heterocycles. The fraction of sp³-hybridized carbons (Fsp3) is 0.500. The van der Waals surface area contributed by atoms with E-state index in [1.54, 1.807) is 0 Å². The molecule has 0 bridgehead atoms. The van der Waals surface area contributed by atoms with Crippen LogP contribution in [0.4, 0.5) is 13.2 Å². The SMILES string of the molecule is CC(Cc1ccc(OCCCO)cc1)NCC(O)c1csc(C(F)(F)F)n1. The summed E-state index contributed by atoms with van der Waals surface area (Å²) in [6.07, 6.45) is -4.32. The number of hydrogen-bond donors (Lipinski definition) is 3. The second-order valence-corrected chi connectivity index (χ2v) is 7.03. The van der Waals surface area contributed by atoms with Gasteiger partial charge in [-0.1, -0.05) is 12.1 Å². The maximum Gasteiger partial charge on any atom is 0.443 e. The number of ether oxygens (including phenoxy) is 1. The van der Waals surface area contributed by atoms with E-state index in [9.17, 15) is 18.3 Å². The van der Waals surface area contributed by atoms with Crippen LogP contribution in [0.5, 0.6) is 5.75 Å². The molecule has 0 saturated heterocycles. The number of aliphatic hydroxyl groups excluding tert-OH is 2. The fourth-order valence-corrected chi connectivity index (χ4v) is 3.12. The molecule has 0 fully saturated rings. The lowest BCUT2D eigenvalue weighted by Crippen LogP contribution is -2.32. The summed E-state index contributed by atoms with van der Waals surface area (Å²) in [6, 6.07) is 7.57. The first-order valence-corrected chi connectivity index (χ1v) is 9.44. The summed E-state index contributed by atoms with van der Waals surface area (Å²) >= 11 is 0.480. The number of aromatic nitrogens is 1. The number of benzene rings is 1. The number of halogens is 3. The lowest BCUT2D eigenvalue weighted by atomic mass is 10.1. The summed E-state index contributed by atoms with van der Waals surface area (Å²) < 4.78 is 43.2. The summed E-state index contributed by atoms with van der Waals surface area (Å²) in [6.45, 7) is 2.59. The van der Waals surface area contributed by atoms with Crippen LogP contribution >= 0.6 is 11.3 Å². The van der Waals surface area contributed by atoms with E-state index < -0.39 is 17.3 Å². The standard InChI is InChI=1S/C18H23F3N2O3S/c1-12(9-13-3-5-14(6-4-13)26-8-2-7-24)22-10-16(25)15-11-27-17(23-15)18(19,20)21/h3-6,11-12,16,22,24-25H,2,7-10H2,1H3. The first kappa shape index (κ1) is 21.6. The van der Waals surface area contributed by atoms with Gasteiger partial charge in [0.1, 0.15) is 11.9 Å². The molecule has 3 N–H and O–H groups in total. The van der Waals surface area contributed by atoms with Crippen LogP contribution in [-0.4, -0.2) is 41.0 Å². The molecule has 2 atom stereocenters. The van der Waals surface area contributed by atoms with E-state index in [0.717, 1.165) is 11.3 Å². The Balaban J connectivity index is 1.78. The zero-order chi connectivity index (χ0) is 19.9. The van der Waals surface area contributed by atoms with E-state index in [1.807, 2.05) is 31.2 Å². The third kappa shape index (κ3) is 7.10. The predicted octanol–water partition coefficient (Wildman–Crippen LogP) is 3.18. The molecule has 0 spiro atoms. The number of nitrogens with zero attached hydrogens (tertiary/aromatic N) is 1. The van der Waals surface area contributed by atoms with Gasteiger partial charge in [-0.15, -0.1) is 11.3 Å². The Morgan fingerprint density at radius 2 is 1.96 bits per heavy atom. The molecule has 2 aromatic rings. The average molecular weight is 404 g/mol. The average Bonchev–Trinajstić information content (AvgIpc) is 3.12. The zero-order valence-electron chi connectivity index (χ0n) is 14.9. The number of rotatable bonds is 10. The monoisotopic (exact) mass is 404 g/mol. The van der Waals surface area contributed by atoms with Crippen molar-refractivity contribution < 1.29 is 28.1 Å². The van der Waals surface area contributed by atoms with Crippen molar-refractivity contribution in [2.75, 3.05) is 19.8 Å². The third-order valence-corrected chi connectivity index (χ3v) is 4.71. The van der Waals surface area contributed by atoms with Crippen molar-refractivity contribution in [3.63, 3.8) is 0 Å². The van der Waals surface area contributed by atoms with Gasteiger partial charge in [-0.3, -0.25) is 0 Å². The van der Waals surface area contributed by atoms with E-state index in [1.165, 1.54) is 5.38 Å². The zero-order valence-corrected chi connectivity index (χ0v) is 15.7. The minimum atomic E-state index is -4.49. The third-order valence-electron chi connectivity index (χ3n) is 3.80. The fourth-order valence-electron chi connectivity index (χ4n) is 2.39. The molecule has 2 unspecified atom stereocenters. The second kappa shape index (κ2) is 10.0. The Morgan fingerprint density at radius 3 is 2.56 bits per heavy atom. The Labute approximate surface area is 159 Å². The van der Waals surface area contributed by atoms with Crippen LogP contribution in [0.3, 0.4) is 0 Å². The van der Waals surface area contributed by atoms with Crippen molar-refractivity contribution in [1.29, 1.82) is 0 Å². The number of nitrogens with one attached hydrogen (secondary N) is 1. The summed E-state index contributed by atoms with van der Waals surface area (Å²) in [5, 5.41) is 22.1. The minimum absolute atomic E-state index is 0.0153. The Morgan fingerprint density at radius 1 is 1.26 bits per heavy atom. The highest BCUT2D eigenvalue weighted by Gasteiger charge is 2.35. The first-order chi connectivity index (χ1) is 12.8. The van der Waals surface area contributed by atoms with Gasteiger partial charge in [0.15, 0.2) is 5.01 Å².